The Morgan fingerprint density at radius 2 is 1.50 bits per heavy atom. The molecule has 0 aliphatic carbocycles. The van der Waals surface area contributed by atoms with E-state index in [0.717, 1.165) is 22.2 Å². The van der Waals surface area contributed by atoms with Crippen LogP contribution >= 0.6 is 7.60 Å². The lowest BCUT2D eigenvalue weighted by molar-refractivity contribution is 0.287. The Morgan fingerprint density at radius 3 is 2.14 bits per heavy atom. The van der Waals surface area contributed by atoms with E-state index in [2.05, 4.69) is 0 Å². The van der Waals surface area contributed by atoms with E-state index in [4.69, 9.17) is 9.05 Å². The predicted molar refractivity (Wildman–Crippen MR) is 89.6 cm³/mol. The smallest absolute Gasteiger partial charge is 0.343 e. The highest BCUT2D eigenvalue weighted by Gasteiger charge is 2.33. The summed E-state index contributed by atoms with van der Waals surface area (Å²) < 4.78 is 25.7. The van der Waals surface area contributed by atoms with E-state index in [-0.39, 0.29) is 0 Å². The average molecular weight is 315 g/mol. The van der Waals surface area contributed by atoms with Crippen molar-refractivity contribution in [2.75, 3.05) is 14.2 Å². The lowest BCUT2D eigenvalue weighted by Crippen LogP contribution is -2.11. The number of hydrogen-bond acceptors (Lipinski definition) is 3. The highest BCUT2D eigenvalue weighted by molar-refractivity contribution is 7.63. The number of para-hydroxylation sites is 1. The third kappa shape index (κ3) is 2.20. The maximum atomic E-state index is 13.1. The van der Waals surface area contributed by atoms with Crippen molar-refractivity contribution in [1.29, 1.82) is 0 Å². The second-order valence-corrected chi connectivity index (χ2v) is 7.17. The molecule has 3 aromatic rings. The zero-order chi connectivity index (χ0) is 15.7. The molecule has 0 fully saturated rings. The Morgan fingerprint density at radius 1 is 0.909 bits per heavy atom. The maximum Gasteiger partial charge on any atom is 0.363 e. The van der Waals surface area contributed by atoms with Crippen LogP contribution in [0, 0.1) is 0 Å². The lowest BCUT2D eigenvalue weighted by atomic mass is 10.1. The van der Waals surface area contributed by atoms with Crippen LogP contribution in [0.3, 0.4) is 0 Å². The molecule has 5 heteroatoms. The van der Waals surface area contributed by atoms with E-state index in [1.165, 1.54) is 14.2 Å². The van der Waals surface area contributed by atoms with Crippen LogP contribution in [0.2, 0.25) is 0 Å². The fraction of sp³-hybridized carbons (Fsp3) is 0.176. The summed E-state index contributed by atoms with van der Waals surface area (Å²) in [6, 6.07) is 17.7. The molecule has 0 saturated heterocycles. The lowest BCUT2D eigenvalue weighted by Gasteiger charge is -2.16. The first-order chi connectivity index (χ1) is 10.6. The van der Waals surface area contributed by atoms with Crippen molar-refractivity contribution in [3.8, 4) is 11.3 Å². The monoisotopic (exact) mass is 315 g/mol. The average Bonchev–Trinajstić information content (AvgIpc) is 2.89. The molecule has 0 unspecified atom stereocenters. The molecular formula is C17H18NO3P. The summed E-state index contributed by atoms with van der Waals surface area (Å²) in [7, 11) is 1.42. The van der Waals surface area contributed by atoms with Crippen LogP contribution in [0.1, 0.15) is 0 Å². The number of nitrogens with zero attached hydrogens (tertiary/aromatic N) is 1. The van der Waals surface area contributed by atoms with Crippen LogP contribution in [-0.4, -0.2) is 18.8 Å². The van der Waals surface area contributed by atoms with E-state index < -0.39 is 7.60 Å². The quantitative estimate of drug-likeness (QED) is 0.684. The number of fused-ring (bicyclic) bond motifs is 1. The van der Waals surface area contributed by atoms with E-state index in [0.29, 0.717) is 5.30 Å². The minimum absolute atomic E-state index is 0.613. The zero-order valence-corrected chi connectivity index (χ0v) is 13.7. The Kier molecular flexibility index (Phi) is 3.92. The summed E-state index contributed by atoms with van der Waals surface area (Å²) in [6.45, 7) is 0. The summed E-state index contributed by atoms with van der Waals surface area (Å²) >= 11 is 0. The fourth-order valence-corrected chi connectivity index (χ4v) is 4.37. The van der Waals surface area contributed by atoms with Gasteiger partial charge >= 0.3 is 7.60 Å². The minimum Gasteiger partial charge on any atom is -0.343 e. The second-order valence-electron chi connectivity index (χ2n) is 5.00. The maximum absolute atomic E-state index is 13.1. The first kappa shape index (κ1) is 15.0. The van der Waals surface area contributed by atoms with Crippen molar-refractivity contribution in [2.45, 2.75) is 0 Å². The van der Waals surface area contributed by atoms with Gasteiger partial charge in [-0.3, -0.25) is 4.57 Å². The third-order valence-electron chi connectivity index (χ3n) is 3.88. The molecule has 114 valence electrons. The predicted octanol–water partition coefficient (Wildman–Crippen LogP) is 3.96. The topological polar surface area (TPSA) is 40.5 Å². The summed E-state index contributed by atoms with van der Waals surface area (Å²) in [5.41, 5.74) is 2.82. The third-order valence-corrected chi connectivity index (χ3v) is 5.84. The number of hydrogen-bond donors (Lipinski definition) is 0. The largest absolute Gasteiger partial charge is 0.363 e. The summed E-state index contributed by atoms with van der Waals surface area (Å²) in [5, 5.41) is 1.50. The van der Waals surface area contributed by atoms with Crippen LogP contribution in [0.5, 0.6) is 0 Å². The molecule has 0 atom stereocenters. The van der Waals surface area contributed by atoms with Crippen LogP contribution < -0.4 is 5.30 Å². The van der Waals surface area contributed by atoms with Crippen LogP contribution in [-0.2, 0) is 20.7 Å². The van der Waals surface area contributed by atoms with Crippen molar-refractivity contribution in [3.05, 3.63) is 54.6 Å². The van der Waals surface area contributed by atoms with E-state index in [9.17, 15) is 4.57 Å². The molecular weight excluding hydrogens is 297 g/mol. The fourth-order valence-electron chi connectivity index (χ4n) is 2.83. The van der Waals surface area contributed by atoms with Crippen molar-refractivity contribution in [1.82, 2.24) is 4.57 Å². The van der Waals surface area contributed by atoms with Gasteiger partial charge < -0.3 is 13.6 Å². The molecule has 0 amide bonds. The summed E-state index contributed by atoms with van der Waals surface area (Å²) in [5.74, 6) is 0. The van der Waals surface area contributed by atoms with Crippen molar-refractivity contribution in [2.24, 2.45) is 7.05 Å². The first-order valence-corrected chi connectivity index (χ1v) is 8.51. The number of benzene rings is 2. The van der Waals surface area contributed by atoms with Crippen LogP contribution in [0.25, 0.3) is 22.2 Å². The van der Waals surface area contributed by atoms with E-state index in [1.54, 1.807) is 0 Å². The second kappa shape index (κ2) is 5.73. The summed E-state index contributed by atoms with van der Waals surface area (Å²) in [6.07, 6.45) is 0. The molecule has 2 aromatic carbocycles. The van der Waals surface area contributed by atoms with Gasteiger partial charge in [-0.1, -0.05) is 48.5 Å². The molecule has 0 aliphatic rings. The van der Waals surface area contributed by atoms with Crippen molar-refractivity contribution >= 4 is 23.8 Å². The Balaban J connectivity index is 2.46. The summed E-state index contributed by atoms with van der Waals surface area (Å²) in [4.78, 5) is 0. The highest BCUT2D eigenvalue weighted by Crippen LogP contribution is 2.50. The molecule has 0 saturated carbocycles. The molecule has 0 spiro atoms. The van der Waals surface area contributed by atoms with Gasteiger partial charge in [0.05, 0.1) is 11.0 Å². The molecule has 1 heterocycles. The molecule has 0 radical (unpaired) electrons. The van der Waals surface area contributed by atoms with Gasteiger partial charge in [0.1, 0.15) is 0 Å². The van der Waals surface area contributed by atoms with Crippen molar-refractivity contribution < 1.29 is 13.6 Å². The first-order valence-electron chi connectivity index (χ1n) is 6.97. The van der Waals surface area contributed by atoms with Gasteiger partial charge in [-0.2, -0.15) is 0 Å². The van der Waals surface area contributed by atoms with Crippen LogP contribution in [0.4, 0.5) is 0 Å². The van der Waals surface area contributed by atoms with Crippen molar-refractivity contribution in [3.63, 3.8) is 0 Å². The molecule has 3 rings (SSSR count). The Labute approximate surface area is 129 Å². The molecule has 0 bridgehead atoms. The number of aryl methyl sites for hydroxylation is 1. The van der Waals surface area contributed by atoms with Crippen LogP contribution in [0.15, 0.2) is 54.6 Å². The van der Waals surface area contributed by atoms with Gasteiger partial charge in [0.2, 0.25) is 0 Å². The van der Waals surface area contributed by atoms with Gasteiger partial charge in [-0.25, -0.2) is 0 Å². The van der Waals surface area contributed by atoms with Gasteiger partial charge in [-0.15, -0.1) is 0 Å². The van der Waals surface area contributed by atoms with E-state index >= 15 is 0 Å². The number of rotatable bonds is 4. The number of aromatic nitrogens is 1. The molecule has 22 heavy (non-hydrogen) atoms. The standard InChI is InChI=1S/C17H18NO3P/c1-18-15-12-8-7-11-14(15)17(22(19,20-2)21-3)16(18)13-9-5-4-6-10-13/h4-12H,1-3H3. The Bertz CT molecular complexity index is 847. The normalized spacial score (nSPS) is 12.0. The van der Waals surface area contributed by atoms with Gasteiger partial charge in [0.25, 0.3) is 0 Å². The molecule has 4 nitrogen and oxygen atoms in total. The van der Waals surface area contributed by atoms with Gasteiger partial charge in [0.15, 0.2) is 0 Å². The van der Waals surface area contributed by atoms with E-state index in [1.807, 2.05) is 66.2 Å². The molecule has 1 aromatic heterocycles. The zero-order valence-electron chi connectivity index (χ0n) is 12.8. The molecule has 0 aliphatic heterocycles. The molecule has 0 N–H and O–H groups in total. The SMILES string of the molecule is COP(=O)(OC)c1c(-c2ccccc2)n(C)c2ccccc12. The van der Waals surface area contributed by atoms with Gasteiger partial charge in [-0.05, 0) is 11.6 Å². The minimum atomic E-state index is -3.38. The Hall–Kier alpha value is -1.87. The highest BCUT2D eigenvalue weighted by atomic mass is 31.2. The van der Waals surface area contributed by atoms with Gasteiger partial charge in [0, 0.05) is 32.2 Å².